The highest BCUT2D eigenvalue weighted by molar-refractivity contribution is 5.77. The van der Waals surface area contributed by atoms with Crippen LogP contribution in [0.4, 0.5) is 0 Å². The number of carbonyl (C=O) groups is 1. The molecule has 0 saturated carbocycles. The fourth-order valence-corrected chi connectivity index (χ4v) is 1.38. The zero-order valence-corrected chi connectivity index (χ0v) is 11.2. The van der Waals surface area contributed by atoms with Gasteiger partial charge in [-0.2, -0.15) is 0 Å². The van der Waals surface area contributed by atoms with Gasteiger partial charge in [-0.15, -0.1) is 0 Å². The van der Waals surface area contributed by atoms with E-state index in [1.54, 1.807) is 26.3 Å². The number of hydrogen-bond donors (Lipinski definition) is 3. The predicted octanol–water partition coefficient (Wildman–Crippen LogP) is -0.229. The average Bonchev–Trinajstić information content (AvgIpc) is 2.45. The Bertz CT molecular complexity index is 398. The molecule has 0 spiro atoms. The number of hydrogen-bond acceptors (Lipinski definition) is 5. The normalized spacial score (nSPS) is 11.7. The first-order chi connectivity index (χ1) is 9.15. The highest BCUT2D eigenvalue weighted by Crippen LogP contribution is 2.18. The summed E-state index contributed by atoms with van der Waals surface area (Å²) in [6.07, 6.45) is -0.684. The van der Waals surface area contributed by atoms with Crippen molar-refractivity contribution < 1.29 is 19.4 Å². The van der Waals surface area contributed by atoms with Crippen molar-refractivity contribution in [3.8, 4) is 11.5 Å². The molecule has 0 aliphatic carbocycles. The maximum Gasteiger partial charge on any atom is 0.233 e. The second-order valence-electron chi connectivity index (χ2n) is 3.95. The van der Waals surface area contributed by atoms with Crippen LogP contribution in [0.5, 0.6) is 11.5 Å². The molecular weight excluding hydrogens is 248 g/mol. The molecule has 0 heterocycles. The summed E-state index contributed by atoms with van der Waals surface area (Å²) in [6.45, 7) is 0.609. The first-order valence-electron chi connectivity index (χ1n) is 6.02. The lowest BCUT2D eigenvalue weighted by atomic mass is 10.3. The van der Waals surface area contributed by atoms with Crippen LogP contribution in [0.2, 0.25) is 0 Å². The lowest BCUT2D eigenvalue weighted by Crippen LogP contribution is -2.37. The smallest absolute Gasteiger partial charge is 0.233 e. The molecule has 1 unspecified atom stereocenters. The zero-order chi connectivity index (χ0) is 14.1. The molecule has 6 heteroatoms. The van der Waals surface area contributed by atoms with E-state index < -0.39 is 6.10 Å². The van der Waals surface area contributed by atoms with Crippen molar-refractivity contribution in [3.05, 3.63) is 24.3 Å². The zero-order valence-electron chi connectivity index (χ0n) is 11.2. The van der Waals surface area contributed by atoms with Gasteiger partial charge in [0.1, 0.15) is 24.2 Å². The Morgan fingerprint density at radius 3 is 2.84 bits per heavy atom. The van der Waals surface area contributed by atoms with Gasteiger partial charge in [0.15, 0.2) is 0 Å². The molecule has 6 nitrogen and oxygen atoms in total. The Morgan fingerprint density at radius 2 is 2.16 bits per heavy atom. The van der Waals surface area contributed by atoms with E-state index >= 15 is 0 Å². The van der Waals surface area contributed by atoms with Crippen LogP contribution in [0.25, 0.3) is 0 Å². The first-order valence-corrected chi connectivity index (χ1v) is 6.02. The average molecular weight is 268 g/mol. The van der Waals surface area contributed by atoms with Crippen LogP contribution >= 0.6 is 0 Å². The number of ether oxygens (including phenoxy) is 2. The van der Waals surface area contributed by atoms with Crippen LogP contribution in [0.15, 0.2) is 24.3 Å². The SMILES string of the molecule is CNC(=O)CNCC(O)COc1cccc(OC)c1. The molecule has 0 aliphatic rings. The fourth-order valence-electron chi connectivity index (χ4n) is 1.38. The quantitative estimate of drug-likeness (QED) is 0.607. The number of carbonyl (C=O) groups excluding carboxylic acids is 1. The van der Waals surface area contributed by atoms with Gasteiger partial charge in [0.05, 0.1) is 13.7 Å². The maximum absolute atomic E-state index is 10.9. The highest BCUT2D eigenvalue weighted by atomic mass is 16.5. The summed E-state index contributed by atoms with van der Waals surface area (Å²) in [4.78, 5) is 10.9. The van der Waals surface area contributed by atoms with Crippen LogP contribution in [-0.4, -0.2) is 51.0 Å². The molecule has 1 aromatic rings. The lowest BCUT2D eigenvalue weighted by Gasteiger charge is -2.13. The van der Waals surface area contributed by atoms with E-state index in [4.69, 9.17) is 9.47 Å². The van der Waals surface area contributed by atoms with Crippen LogP contribution in [-0.2, 0) is 4.79 Å². The van der Waals surface area contributed by atoms with Crippen LogP contribution in [0, 0.1) is 0 Å². The fraction of sp³-hybridized carbons (Fsp3) is 0.462. The van der Waals surface area contributed by atoms with E-state index in [9.17, 15) is 9.90 Å². The molecule has 1 amide bonds. The summed E-state index contributed by atoms with van der Waals surface area (Å²) in [5, 5.41) is 15.0. The van der Waals surface area contributed by atoms with Crippen molar-refractivity contribution in [2.75, 3.05) is 33.9 Å². The van der Waals surface area contributed by atoms with Crippen molar-refractivity contribution in [2.45, 2.75) is 6.10 Å². The number of rotatable bonds is 8. The number of aliphatic hydroxyl groups excluding tert-OH is 1. The Labute approximate surface area is 112 Å². The minimum atomic E-state index is -0.684. The predicted molar refractivity (Wildman–Crippen MR) is 71.4 cm³/mol. The number of benzene rings is 1. The molecule has 3 N–H and O–H groups in total. The molecule has 0 fully saturated rings. The van der Waals surface area contributed by atoms with Crippen LogP contribution < -0.4 is 20.1 Å². The van der Waals surface area contributed by atoms with E-state index in [-0.39, 0.29) is 25.6 Å². The summed E-state index contributed by atoms with van der Waals surface area (Å²) >= 11 is 0. The Morgan fingerprint density at radius 1 is 1.42 bits per heavy atom. The van der Waals surface area contributed by atoms with Crippen molar-refractivity contribution in [2.24, 2.45) is 0 Å². The third-order valence-electron chi connectivity index (χ3n) is 2.43. The highest BCUT2D eigenvalue weighted by Gasteiger charge is 2.06. The Kier molecular flexibility index (Phi) is 6.70. The standard InChI is InChI=1S/C13H20N2O4/c1-14-13(17)8-15-7-10(16)9-19-12-5-3-4-11(6-12)18-2/h3-6,10,15-16H,7-9H2,1-2H3,(H,14,17). The summed E-state index contributed by atoms with van der Waals surface area (Å²) in [5.41, 5.74) is 0. The largest absolute Gasteiger partial charge is 0.497 e. The molecule has 0 aromatic heterocycles. The molecular formula is C13H20N2O4. The van der Waals surface area contributed by atoms with Gasteiger partial charge in [0.25, 0.3) is 0 Å². The molecule has 0 radical (unpaired) electrons. The number of aliphatic hydroxyl groups is 1. The Balaban J connectivity index is 2.25. The molecule has 0 aliphatic heterocycles. The van der Waals surface area contributed by atoms with Gasteiger partial charge in [-0.25, -0.2) is 0 Å². The van der Waals surface area contributed by atoms with Crippen molar-refractivity contribution in [1.29, 1.82) is 0 Å². The monoisotopic (exact) mass is 268 g/mol. The van der Waals surface area contributed by atoms with Crippen LogP contribution in [0.3, 0.4) is 0 Å². The second kappa shape index (κ2) is 8.34. The Hall–Kier alpha value is -1.79. The second-order valence-corrected chi connectivity index (χ2v) is 3.95. The van der Waals surface area contributed by atoms with Gasteiger partial charge in [0.2, 0.25) is 5.91 Å². The minimum absolute atomic E-state index is 0.124. The van der Waals surface area contributed by atoms with Gasteiger partial charge in [-0.3, -0.25) is 4.79 Å². The van der Waals surface area contributed by atoms with Crippen LogP contribution in [0.1, 0.15) is 0 Å². The number of likely N-dealkylation sites (N-methyl/N-ethyl adjacent to an activating group) is 1. The van der Waals surface area contributed by atoms with Gasteiger partial charge in [-0.05, 0) is 12.1 Å². The van der Waals surface area contributed by atoms with Gasteiger partial charge >= 0.3 is 0 Å². The third-order valence-corrected chi connectivity index (χ3v) is 2.43. The number of methoxy groups -OCH3 is 1. The molecule has 0 saturated heterocycles. The van der Waals surface area contributed by atoms with E-state index in [0.717, 1.165) is 0 Å². The van der Waals surface area contributed by atoms with Crippen molar-refractivity contribution in [1.82, 2.24) is 10.6 Å². The molecule has 106 valence electrons. The van der Waals surface area contributed by atoms with Gasteiger partial charge < -0.3 is 25.2 Å². The van der Waals surface area contributed by atoms with E-state index in [1.165, 1.54) is 0 Å². The van der Waals surface area contributed by atoms with E-state index in [2.05, 4.69) is 10.6 Å². The molecule has 0 bridgehead atoms. The topological polar surface area (TPSA) is 79.8 Å². The molecule has 1 rings (SSSR count). The number of nitrogens with one attached hydrogen (secondary N) is 2. The summed E-state index contributed by atoms with van der Waals surface area (Å²) in [7, 11) is 3.14. The first kappa shape index (κ1) is 15.3. The molecule has 19 heavy (non-hydrogen) atoms. The lowest BCUT2D eigenvalue weighted by molar-refractivity contribution is -0.119. The van der Waals surface area contributed by atoms with E-state index in [0.29, 0.717) is 11.5 Å². The maximum atomic E-state index is 10.9. The van der Waals surface area contributed by atoms with E-state index in [1.807, 2.05) is 12.1 Å². The van der Waals surface area contributed by atoms with Gasteiger partial charge in [0, 0.05) is 19.7 Å². The summed E-state index contributed by atoms with van der Waals surface area (Å²) in [6, 6.07) is 7.15. The van der Waals surface area contributed by atoms with Gasteiger partial charge in [-0.1, -0.05) is 6.07 Å². The van der Waals surface area contributed by atoms with Crippen molar-refractivity contribution >= 4 is 5.91 Å². The summed E-state index contributed by atoms with van der Waals surface area (Å²) in [5.74, 6) is 1.20. The molecule has 1 aromatic carbocycles. The third kappa shape index (κ3) is 6.08. The minimum Gasteiger partial charge on any atom is -0.497 e. The molecule has 1 atom stereocenters. The summed E-state index contributed by atoms with van der Waals surface area (Å²) < 4.78 is 10.5. The van der Waals surface area contributed by atoms with Crippen molar-refractivity contribution in [3.63, 3.8) is 0 Å². The number of amides is 1.